The summed E-state index contributed by atoms with van der Waals surface area (Å²) in [6.07, 6.45) is 6.39. The molecule has 1 saturated carbocycles. The average Bonchev–Trinajstić information content (AvgIpc) is 2.70. The zero-order valence-electron chi connectivity index (χ0n) is 16.9. The van der Waals surface area contributed by atoms with Gasteiger partial charge in [0.05, 0.1) is 11.9 Å². The number of carbonyl (C=O) groups excluding carboxylic acids is 1. The van der Waals surface area contributed by atoms with Crippen LogP contribution in [-0.2, 0) is 14.8 Å². The molecular weight excluding hydrogens is 388 g/mol. The van der Waals surface area contributed by atoms with Gasteiger partial charge in [0.25, 0.3) is 0 Å². The maximum absolute atomic E-state index is 12.7. The fourth-order valence-corrected chi connectivity index (χ4v) is 4.84. The molecule has 1 aliphatic carbocycles. The largest absolute Gasteiger partial charge is 0.457 e. The van der Waals surface area contributed by atoms with Crippen LogP contribution in [0.2, 0.25) is 0 Å². The predicted molar refractivity (Wildman–Crippen MR) is 115 cm³/mol. The molecule has 1 aliphatic rings. The zero-order chi connectivity index (χ0) is 20.9. The van der Waals surface area contributed by atoms with Crippen LogP contribution in [0, 0.1) is 0 Å². The van der Waals surface area contributed by atoms with Crippen LogP contribution in [0.25, 0.3) is 0 Å². The molecule has 0 spiro atoms. The molecule has 0 radical (unpaired) electrons. The summed E-state index contributed by atoms with van der Waals surface area (Å²) >= 11 is 0. The second-order valence-electron chi connectivity index (χ2n) is 7.49. The van der Waals surface area contributed by atoms with Gasteiger partial charge in [-0.05, 0) is 56.2 Å². The van der Waals surface area contributed by atoms with Gasteiger partial charge in [-0.2, -0.15) is 0 Å². The number of rotatable bonds is 7. The smallest absolute Gasteiger partial charge is 0.243 e. The summed E-state index contributed by atoms with van der Waals surface area (Å²) in [6.45, 7) is 1.62. The first-order valence-corrected chi connectivity index (χ1v) is 11.8. The highest BCUT2D eigenvalue weighted by atomic mass is 32.2. The first kappa shape index (κ1) is 21.2. The summed E-state index contributed by atoms with van der Waals surface area (Å²) in [5.74, 6) is 1.01. The van der Waals surface area contributed by atoms with E-state index < -0.39 is 16.1 Å². The highest BCUT2D eigenvalue weighted by Crippen LogP contribution is 2.27. The quantitative estimate of drug-likeness (QED) is 0.738. The highest BCUT2D eigenvalue weighted by Gasteiger charge is 2.30. The average molecular weight is 417 g/mol. The molecule has 1 atom stereocenters. The van der Waals surface area contributed by atoms with E-state index in [0.29, 0.717) is 17.2 Å². The van der Waals surface area contributed by atoms with Crippen molar-refractivity contribution < 1.29 is 17.9 Å². The molecule has 0 unspecified atom stereocenters. The lowest BCUT2D eigenvalue weighted by Crippen LogP contribution is -2.50. The number of anilines is 1. The number of benzene rings is 2. The highest BCUT2D eigenvalue weighted by molar-refractivity contribution is 7.92. The second kappa shape index (κ2) is 9.31. The molecule has 0 bridgehead atoms. The van der Waals surface area contributed by atoms with Gasteiger partial charge in [0, 0.05) is 6.04 Å². The number of nitrogens with one attached hydrogen (secondary N) is 1. The minimum Gasteiger partial charge on any atom is -0.457 e. The fourth-order valence-electron chi connectivity index (χ4n) is 3.66. The Hall–Kier alpha value is -2.54. The molecule has 2 aromatic carbocycles. The second-order valence-corrected chi connectivity index (χ2v) is 9.35. The molecule has 1 fully saturated rings. The Kier molecular flexibility index (Phi) is 6.79. The van der Waals surface area contributed by atoms with Crippen molar-refractivity contribution in [3.05, 3.63) is 54.6 Å². The minimum atomic E-state index is -3.64. The maximum Gasteiger partial charge on any atom is 0.243 e. The molecule has 1 N–H and O–H groups in total. The van der Waals surface area contributed by atoms with E-state index in [1.54, 1.807) is 31.2 Å². The van der Waals surface area contributed by atoms with Crippen LogP contribution in [0.15, 0.2) is 54.6 Å². The van der Waals surface area contributed by atoms with Crippen LogP contribution >= 0.6 is 0 Å². The number of amides is 1. The Morgan fingerprint density at radius 2 is 1.59 bits per heavy atom. The number of ether oxygens (including phenoxy) is 1. The minimum absolute atomic E-state index is 0.127. The van der Waals surface area contributed by atoms with Crippen LogP contribution in [0.3, 0.4) is 0 Å². The molecule has 0 heterocycles. The first-order chi connectivity index (χ1) is 13.8. The topological polar surface area (TPSA) is 75.7 Å². The maximum atomic E-state index is 12.7. The molecule has 6 nitrogen and oxygen atoms in total. The number of hydrogen-bond donors (Lipinski definition) is 1. The van der Waals surface area contributed by atoms with Gasteiger partial charge in [-0.3, -0.25) is 9.10 Å². The number of para-hydroxylation sites is 1. The summed E-state index contributed by atoms with van der Waals surface area (Å²) in [4.78, 5) is 12.7. The lowest BCUT2D eigenvalue weighted by Gasteiger charge is -2.30. The van der Waals surface area contributed by atoms with E-state index in [-0.39, 0.29) is 11.9 Å². The molecule has 7 heteroatoms. The van der Waals surface area contributed by atoms with Crippen LogP contribution in [0.5, 0.6) is 11.5 Å². The molecule has 2 aromatic rings. The molecule has 0 aromatic heterocycles. The monoisotopic (exact) mass is 416 g/mol. The van der Waals surface area contributed by atoms with E-state index >= 15 is 0 Å². The van der Waals surface area contributed by atoms with Gasteiger partial charge < -0.3 is 10.1 Å². The van der Waals surface area contributed by atoms with Crippen molar-refractivity contribution >= 4 is 21.6 Å². The summed E-state index contributed by atoms with van der Waals surface area (Å²) in [6, 6.07) is 15.3. The zero-order valence-corrected chi connectivity index (χ0v) is 17.7. The van der Waals surface area contributed by atoms with Crippen LogP contribution in [0.1, 0.15) is 39.0 Å². The van der Waals surface area contributed by atoms with Crippen LogP contribution in [0.4, 0.5) is 5.69 Å². The lowest BCUT2D eigenvalue weighted by molar-refractivity contribution is -0.122. The third-order valence-electron chi connectivity index (χ3n) is 5.11. The van der Waals surface area contributed by atoms with Crippen LogP contribution in [-0.4, -0.2) is 32.7 Å². The molecule has 156 valence electrons. The lowest BCUT2D eigenvalue weighted by atomic mass is 9.95. The van der Waals surface area contributed by atoms with Gasteiger partial charge in [0.2, 0.25) is 15.9 Å². The third kappa shape index (κ3) is 5.73. The van der Waals surface area contributed by atoms with E-state index in [1.807, 2.05) is 30.3 Å². The van der Waals surface area contributed by atoms with Crippen molar-refractivity contribution in [2.24, 2.45) is 0 Å². The Labute approximate surface area is 172 Å². The number of hydrogen-bond acceptors (Lipinski definition) is 4. The molecule has 0 aliphatic heterocycles. The van der Waals surface area contributed by atoms with Crippen molar-refractivity contribution in [1.82, 2.24) is 5.32 Å². The van der Waals surface area contributed by atoms with Gasteiger partial charge in [-0.15, -0.1) is 0 Å². The third-order valence-corrected chi connectivity index (χ3v) is 6.35. The molecule has 1 amide bonds. The van der Waals surface area contributed by atoms with Crippen molar-refractivity contribution in [2.75, 3.05) is 10.6 Å². The number of sulfonamides is 1. The molecule has 0 saturated heterocycles. The van der Waals surface area contributed by atoms with Crippen molar-refractivity contribution in [3.8, 4) is 11.5 Å². The normalized spacial score (nSPS) is 16.1. The van der Waals surface area contributed by atoms with Gasteiger partial charge in [-0.1, -0.05) is 37.5 Å². The van der Waals surface area contributed by atoms with E-state index in [0.717, 1.165) is 36.2 Å². The fraction of sp³-hybridized carbons (Fsp3) is 0.409. The Morgan fingerprint density at radius 3 is 2.17 bits per heavy atom. The first-order valence-electron chi connectivity index (χ1n) is 9.97. The summed E-state index contributed by atoms with van der Waals surface area (Å²) < 4.78 is 31.8. The van der Waals surface area contributed by atoms with E-state index in [4.69, 9.17) is 4.74 Å². The van der Waals surface area contributed by atoms with Crippen molar-refractivity contribution in [1.29, 1.82) is 0 Å². The van der Waals surface area contributed by atoms with Crippen molar-refractivity contribution in [3.63, 3.8) is 0 Å². The van der Waals surface area contributed by atoms with E-state index in [2.05, 4.69) is 5.32 Å². The van der Waals surface area contributed by atoms with Gasteiger partial charge in [-0.25, -0.2) is 8.42 Å². The Morgan fingerprint density at radius 1 is 1.00 bits per heavy atom. The van der Waals surface area contributed by atoms with Crippen LogP contribution < -0.4 is 14.4 Å². The summed E-state index contributed by atoms with van der Waals surface area (Å²) in [5.41, 5.74) is 0.430. The van der Waals surface area contributed by atoms with E-state index in [9.17, 15) is 13.2 Å². The van der Waals surface area contributed by atoms with Crippen molar-refractivity contribution in [2.45, 2.75) is 51.1 Å². The molecule has 3 rings (SSSR count). The number of nitrogens with zero attached hydrogens (tertiary/aromatic N) is 1. The summed E-state index contributed by atoms with van der Waals surface area (Å²) in [7, 11) is -3.64. The van der Waals surface area contributed by atoms with Gasteiger partial charge >= 0.3 is 0 Å². The van der Waals surface area contributed by atoms with Gasteiger partial charge in [0.15, 0.2) is 0 Å². The van der Waals surface area contributed by atoms with E-state index in [1.165, 1.54) is 6.42 Å². The summed E-state index contributed by atoms with van der Waals surface area (Å²) in [5, 5.41) is 3.02. The Bertz CT molecular complexity index is 908. The molecule has 29 heavy (non-hydrogen) atoms. The molecular formula is C22H28N2O4S. The number of carbonyl (C=O) groups is 1. The van der Waals surface area contributed by atoms with Gasteiger partial charge in [0.1, 0.15) is 17.5 Å². The predicted octanol–water partition coefficient (Wildman–Crippen LogP) is 4.08. The SMILES string of the molecule is C[C@@H](C(=O)NC1CCCCC1)N(c1ccc(Oc2ccccc2)cc1)S(C)(=O)=O. The standard InChI is InChI=1S/C22H28N2O4S/c1-17(22(25)23-18-9-5-3-6-10-18)24(29(2,26)27)19-13-15-21(16-14-19)28-20-11-7-4-8-12-20/h4,7-8,11-18H,3,5-6,9-10H2,1-2H3,(H,23,25)/t17-/m0/s1. The Balaban J connectivity index is 1.74.